The minimum absolute atomic E-state index is 0.209. The maximum atomic E-state index is 11.4. The highest BCUT2D eigenvalue weighted by Gasteiger charge is 2.21. The van der Waals surface area contributed by atoms with Crippen molar-refractivity contribution >= 4 is 39.4 Å². The third-order valence-corrected chi connectivity index (χ3v) is 6.74. The van der Waals surface area contributed by atoms with Crippen molar-refractivity contribution in [2.75, 3.05) is 32.8 Å². The van der Waals surface area contributed by atoms with Crippen molar-refractivity contribution < 1.29 is 13.2 Å². The van der Waals surface area contributed by atoms with Gasteiger partial charge in [0.1, 0.15) is 4.21 Å². The highest BCUT2D eigenvalue weighted by molar-refractivity contribution is 8.00. The Labute approximate surface area is 126 Å². The molecular weight excluding hydrogens is 318 g/mol. The molecule has 1 saturated heterocycles. The van der Waals surface area contributed by atoms with Gasteiger partial charge in [0.2, 0.25) is 10.0 Å². The van der Waals surface area contributed by atoms with E-state index in [0.717, 1.165) is 48.3 Å². The summed E-state index contributed by atoms with van der Waals surface area (Å²) in [5, 5.41) is 5.16. The van der Waals surface area contributed by atoms with Gasteiger partial charge in [-0.2, -0.15) is 0 Å². The summed E-state index contributed by atoms with van der Waals surface area (Å²) in [6.45, 7) is 4.18. The average molecular weight is 333 g/mol. The Kier molecular flexibility index (Phi) is 4.07. The highest BCUT2D eigenvalue weighted by Crippen LogP contribution is 2.37. The summed E-state index contributed by atoms with van der Waals surface area (Å²) in [5.41, 5.74) is 1.99. The van der Waals surface area contributed by atoms with E-state index in [1.807, 2.05) is 6.08 Å². The molecule has 1 aromatic rings. The monoisotopic (exact) mass is 333 g/mol. The van der Waals surface area contributed by atoms with Gasteiger partial charge >= 0.3 is 0 Å². The first kappa shape index (κ1) is 14.4. The summed E-state index contributed by atoms with van der Waals surface area (Å²) in [7, 11) is -3.62. The van der Waals surface area contributed by atoms with E-state index >= 15 is 0 Å². The van der Waals surface area contributed by atoms with Crippen LogP contribution in [0.4, 0.5) is 0 Å². The lowest BCUT2D eigenvalue weighted by Crippen LogP contribution is -2.38. The fraction of sp³-hybridized carbons (Fsp3) is 0.455. The van der Waals surface area contributed by atoms with Gasteiger partial charge in [-0.05, 0) is 24.1 Å². The van der Waals surface area contributed by atoms with Crippen LogP contribution in [0.3, 0.4) is 0 Å². The van der Waals surface area contributed by atoms with Crippen LogP contribution in [0.15, 0.2) is 20.2 Å². The van der Waals surface area contributed by atoms with E-state index in [2.05, 4.69) is 9.62 Å². The summed E-state index contributed by atoms with van der Waals surface area (Å²) in [6.07, 6.45) is 1.99. The van der Waals surface area contributed by atoms with Gasteiger partial charge in [0.25, 0.3) is 0 Å². The lowest BCUT2D eigenvalue weighted by Gasteiger charge is -2.28. The molecule has 0 aromatic carbocycles. The number of sulfonamides is 1. The first-order valence-electron chi connectivity index (χ1n) is 6.12. The summed E-state index contributed by atoms with van der Waals surface area (Å²) in [6, 6.07) is 1.64. The molecule has 0 amide bonds. The number of hydrogen-bond donors (Lipinski definition) is 2. The molecule has 20 heavy (non-hydrogen) atoms. The van der Waals surface area contributed by atoms with E-state index in [0.29, 0.717) is 0 Å². The Morgan fingerprint density at radius 1 is 1.40 bits per heavy atom. The summed E-state index contributed by atoms with van der Waals surface area (Å²) in [4.78, 5) is 2.31. The van der Waals surface area contributed by atoms with Crippen molar-refractivity contribution in [3.8, 4) is 0 Å². The molecule has 0 aliphatic carbocycles. The van der Waals surface area contributed by atoms with Gasteiger partial charge in [0.15, 0.2) is 0 Å². The first-order valence-corrected chi connectivity index (χ1v) is 9.30. The molecule has 2 aliphatic rings. The van der Waals surface area contributed by atoms with E-state index in [9.17, 15) is 8.42 Å². The third kappa shape index (κ3) is 3.18. The van der Waals surface area contributed by atoms with Gasteiger partial charge in [-0.3, -0.25) is 4.90 Å². The number of nitrogens with one attached hydrogen (secondary N) is 1. The second-order valence-electron chi connectivity index (χ2n) is 4.62. The largest absolute Gasteiger partial charge is 0.379 e. The van der Waals surface area contributed by atoms with Crippen molar-refractivity contribution in [1.29, 1.82) is 0 Å². The van der Waals surface area contributed by atoms with Crippen LogP contribution in [0.25, 0.3) is 6.08 Å². The molecule has 0 unspecified atom stereocenters. The summed E-state index contributed by atoms with van der Waals surface area (Å²) in [5.74, 6) is 0. The predicted molar refractivity (Wildman–Crippen MR) is 79.9 cm³/mol. The van der Waals surface area contributed by atoms with Crippen molar-refractivity contribution in [2.45, 2.75) is 8.42 Å². The molecule has 0 bridgehead atoms. The molecule has 0 radical (unpaired) electrons. The van der Waals surface area contributed by atoms with Crippen LogP contribution >= 0.6 is 23.3 Å². The Bertz CT molecular complexity index is 633. The van der Waals surface area contributed by atoms with E-state index in [4.69, 9.17) is 9.88 Å². The quantitative estimate of drug-likeness (QED) is 0.791. The van der Waals surface area contributed by atoms with Crippen LogP contribution < -0.4 is 9.86 Å². The zero-order valence-electron chi connectivity index (χ0n) is 10.7. The highest BCUT2D eigenvalue weighted by atomic mass is 32.3. The van der Waals surface area contributed by atoms with E-state index in [1.165, 1.54) is 23.3 Å². The molecule has 3 heterocycles. The predicted octanol–water partition coefficient (Wildman–Crippen LogP) is 0.679. The maximum Gasteiger partial charge on any atom is 0.247 e. The molecule has 110 valence electrons. The number of ether oxygens (including phenoxy) is 1. The molecule has 0 spiro atoms. The number of primary sulfonamides is 1. The third-order valence-electron chi connectivity index (χ3n) is 3.08. The fourth-order valence-electron chi connectivity index (χ4n) is 2.09. The minimum Gasteiger partial charge on any atom is -0.379 e. The second kappa shape index (κ2) is 5.66. The number of nitrogens with zero attached hydrogens (tertiary/aromatic N) is 1. The van der Waals surface area contributed by atoms with Crippen LogP contribution in [0.5, 0.6) is 0 Å². The Balaban J connectivity index is 1.77. The lowest BCUT2D eigenvalue weighted by molar-refractivity contribution is 0.0420. The van der Waals surface area contributed by atoms with Crippen LogP contribution in [0.1, 0.15) is 5.56 Å². The molecular formula is C11H15N3O3S3. The van der Waals surface area contributed by atoms with Crippen molar-refractivity contribution in [1.82, 2.24) is 9.62 Å². The number of morpholine rings is 1. The summed E-state index contributed by atoms with van der Waals surface area (Å²) >= 11 is 2.64. The molecule has 0 saturated carbocycles. The normalized spacial score (nSPS) is 20.1. The smallest absolute Gasteiger partial charge is 0.247 e. The van der Waals surface area contributed by atoms with Crippen molar-refractivity contribution in [3.63, 3.8) is 0 Å². The minimum atomic E-state index is -3.62. The Morgan fingerprint density at radius 2 is 2.15 bits per heavy atom. The van der Waals surface area contributed by atoms with E-state index in [1.54, 1.807) is 6.07 Å². The number of nitrogens with two attached hydrogens (primary N) is 1. The lowest BCUT2D eigenvalue weighted by atomic mass is 10.2. The SMILES string of the molecule is NS(=O)(=O)c1cc2c(s1)SNC(CN1CCOCC1)=C2. The van der Waals surface area contributed by atoms with Gasteiger partial charge in [-0.15, -0.1) is 11.3 Å². The summed E-state index contributed by atoms with van der Waals surface area (Å²) < 4.78 is 32.4. The Hall–Kier alpha value is -0.580. The van der Waals surface area contributed by atoms with Crippen LogP contribution in [0, 0.1) is 0 Å². The Morgan fingerprint density at radius 3 is 2.85 bits per heavy atom. The van der Waals surface area contributed by atoms with E-state index in [-0.39, 0.29) is 4.21 Å². The number of rotatable bonds is 3. The average Bonchev–Trinajstić information content (AvgIpc) is 2.83. The molecule has 1 fully saturated rings. The van der Waals surface area contributed by atoms with Gasteiger partial charge in [-0.1, -0.05) is 0 Å². The van der Waals surface area contributed by atoms with Crippen LogP contribution in [-0.4, -0.2) is 46.2 Å². The molecule has 9 heteroatoms. The number of thiophene rings is 1. The standard InChI is InChI=1S/C11H15N3O3S3/c12-20(15,16)10-6-8-5-9(13-19-11(8)18-10)7-14-1-3-17-4-2-14/h5-6,13H,1-4,7H2,(H2,12,15,16). The number of fused-ring (bicyclic) bond motifs is 1. The van der Waals surface area contributed by atoms with Crippen molar-refractivity contribution in [3.05, 3.63) is 17.3 Å². The first-order chi connectivity index (χ1) is 9.52. The molecule has 3 rings (SSSR count). The van der Waals surface area contributed by atoms with Gasteiger partial charge < -0.3 is 9.46 Å². The molecule has 3 N–H and O–H groups in total. The van der Waals surface area contributed by atoms with Crippen molar-refractivity contribution in [2.24, 2.45) is 5.14 Å². The van der Waals surface area contributed by atoms with E-state index < -0.39 is 10.0 Å². The topological polar surface area (TPSA) is 84.7 Å². The van der Waals surface area contributed by atoms with Gasteiger partial charge in [-0.25, -0.2) is 13.6 Å². The maximum absolute atomic E-state index is 11.4. The molecule has 6 nitrogen and oxygen atoms in total. The van der Waals surface area contributed by atoms with Gasteiger partial charge in [0.05, 0.1) is 17.4 Å². The second-order valence-corrected chi connectivity index (χ2v) is 8.53. The van der Waals surface area contributed by atoms with Gasteiger partial charge in [0, 0.05) is 30.9 Å². The molecule has 2 aliphatic heterocycles. The fourth-order valence-corrected chi connectivity index (χ4v) is 5.01. The van der Waals surface area contributed by atoms with Crippen LogP contribution in [0.2, 0.25) is 0 Å². The zero-order chi connectivity index (χ0) is 14.2. The zero-order valence-corrected chi connectivity index (χ0v) is 13.1. The number of hydrogen-bond acceptors (Lipinski definition) is 7. The van der Waals surface area contributed by atoms with Crippen LogP contribution in [-0.2, 0) is 14.8 Å². The molecule has 1 aromatic heterocycles. The molecule has 0 atom stereocenters.